The summed E-state index contributed by atoms with van der Waals surface area (Å²) in [7, 11) is 0. The van der Waals surface area contributed by atoms with E-state index in [1.54, 1.807) is 39.1 Å². The molecule has 130 valence electrons. The molecule has 0 radical (unpaired) electrons. The Morgan fingerprint density at radius 1 is 1.33 bits per heavy atom. The van der Waals surface area contributed by atoms with E-state index in [9.17, 15) is 14.4 Å². The van der Waals surface area contributed by atoms with Gasteiger partial charge in [0.05, 0.1) is 6.42 Å². The van der Waals surface area contributed by atoms with Crippen molar-refractivity contribution in [3.63, 3.8) is 0 Å². The Labute approximate surface area is 139 Å². The van der Waals surface area contributed by atoms with E-state index in [0.717, 1.165) is 5.69 Å². The highest BCUT2D eigenvalue weighted by Gasteiger charge is 2.18. The first-order valence-electron chi connectivity index (χ1n) is 7.63. The molecule has 2 rings (SSSR count). The van der Waals surface area contributed by atoms with Crippen molar-refractivity contribution in [2.24, 2.45) is 0 Å². The minimum atomic E-state index is -0.593. The zero-order valence-electron chi connectivity index (χ0n) is 14.5. The van der Waals surface area contributed by atoms with Gasteiger partial charge in [-0.05, 0) is 34.6 Å². The van der Waals surface area contributed by atoms with Gasteiger partial charge >= 0.3 is 5.97 Å². The lowest BCUT2D eigenvalue weighted by Crippen LogP contribution is -2.35. The minimum Gasteiger partial charge on any atom is -0.459 e. The van der Waals surface area contributed by atoms with Crippen LogP contribution in [0.4, 0.5) is 0 Å². The van der Waals surface area contributed by atoms with Gasteiger partial charge in [-0.1, -0.05) is 0 Å². The number of nitrogens with one attached hydrogen (secondary N) is 2. The van der Waals surface area contributed by atoms with Gasteiger partial charge in [-0.3, -0.25) is 19.5 Å². The Morgan fingerprint density at radius 2 is 2.00 bits per heavy atom. The predicted molar refractivity (Wildman–Crippen MR) is 87.8 cm³/mol. The van der Waals surface area contributed by atoms with E-state index in [4.69, 9.17) is 4.74 Å². The summed E-state index contributed by atoms with van der Waals surface area (Å²) in [4.78, 5) is 39.5. The number of carbonyl (C=O) groups excluding carboxylic acids is 2. The van der Waals surface area contributed by atoms with Gasteiger partial charge in [0.1, 0.15) is 12.1 Å². The summed E-state index contributed by atoms with van der Waals surface area (Å²) < 4.78 is 6.68. The third-order valence-corrected chi connectivity index (χ3v) is 3.39. The summed E-state index contributed by atoms with van der Waals surface area (Å²) in [6, 6.07) is 1.40. The van der Waals surface area contributed by atoms with Gasteiger partial charge in [0, 0.05) is 23.0 Å². The second-order valence-electron chi connectivity index (χ2n) is 6.62. The number of aryl methyl sites for hydroxylation is 2. The van der Waals surface area contributed by atoms with E-state index in [0.29, 0.717) is 16.9 Å². The first-order valence-corrected chi connectivity index (χ1v) is 7.63. The van der Waals surface area contributed by atoms with Gasteiger partial charge < -0.3 is 10.1 Å². The molecule has 0 unspecified atom stereocenters. The highest BCUT2D eigenvalue weighted by molar-refractivity contribution is 5.83. The molecule has 8 heteroatoms. The van der Waals surface area contributed by atoms with Crippen molar-refractivity contribution in [3.05, 3.63) is 33.4 Å². The lowest BCUT2D eigenvalue weighted by molar-refractivity contribution is -0.154. The van der Waals surface area contributed by atoms with Crippen LogP contribution in [0.15, 0.2) is 10.9 Å². The number of hydrogen-bond donors (Lipinski definition) is 2. The summed E-state index contributed by atoms with van der Waals surface area (Å²) in [6.45, 7) is 8.67. The van der Waals surface area contributed by atoms with Crippen LogP contribution in [0.2, 0.25) is 0 Å². The first kappa shape index (κ1) is 17.7. The van der Waals surface area contributed by atoms with Gasteiger partial charge in [-0.15, -0.1) is 0 Å². The van der Waals surface area contributed by atoms with E-state index >= 15 is 0 Å². The van der Waals surface area contributed by atoms with Crippen molar-refractivity contribution in [2.45, 2.75) is 46.6 Å². The fourth-order valence-corrected chi connectivity index (χ4v) is 2.38. The van der Waals surface area contributed by atoms with Gasteiger partial charge in [-0.25, -0.2) is 9.50 Å². The maximum Gasteiger partial charge on any atom is 0.325 e. The molecular formula is C16H22N4O4. The predicted octanol–water partition coefficient (Wildman–Crippen LogP) is 0.640. The van der Waals surface area contributed by atoms with E-state index in [-0.39, 0.29) is 24.4 Å². The molecule has 0 aromatic carbocycles. The Bertz CT molecular complexity index is 842. The maximum atomic E-state index is 12.1. The molecule has 2 aromatic rings. The van der Waals surface area contributed by atoms with Crippen molar-refractivity contribution in [1.82, 2.24) is 19.9 Å². The molecule has 0 saturated carbocycles. The second kappa shape index (κ2) is 6.46. The molecule has 1 amide bonds. The van der Waals surface area contributed by atoms with Crippen LogP contribution in [0, 0.1) is 13.8 Å². The summed E-state index contributed by atoms with van der Waals surface area (Å²) >= 11 is 0. The summed E-state index contributed by atoms with van der Waals surface area (Å²) in [5.41, 5.74) is 1.76. The Hall–Kier alpha value is -2.64. The Morgan fingerprint density at radius 3 is 2.62 bits per heavy atom. The molecule has 0 fully saturated rings. The Kier molecular flexibility index (Phi) is 4.77. The quantitative estimate of drug-likeness (QED) is 0.798. The second-order valence-corrected chi connectivity index (χ2v) is 6.62. The molecule has 0 atom stereocenters. The number of ether oxygens (including phenoxy) is 1. The largest absolute Gasteiger partial charge is 0.459 e. The molecule has 2 N–H and O–H groups in total. The number of amides is 1. The number of carbonyl (C=O) groups is 2. The molecule has 2 aromatic heterocycles. The van der Waals surface area contributed by atoms with Crippen LogP contribution in [0.5, 0.6) is 0 Å². The molecule has 0 aliphatic carbocycles. The normalized spacial score (nSPS) is 11.5. The molecule has 0 aliphatic heterocycles. The smallest absolute Gasteiger partial charge is 0.325 e. The number of fused-ring (bicyclic) bond motifs is 1. The zero-order valence-corrected chi connectivity index (χ0v) is 14.5. The molecule has 24 heavy (non-hydrogen) atoms. The molecule has 0 aliphatic rings. The molecular weight excluding hydrogens is 312 g/mol. The third kappa shape index (κ3) is 4.21. The fourth-order valence-electron chi connectivity index (χ4n) is 2.38. The first-order chi connectivity index (χ1) is 11.1. The average Bonchev–Trinajstić information content (AvgIpc) is 2.80. The van der Waals surface area contributed by atoms with Crippen molar-refractivity contribution in [2.75, 3.05) is 6.54 Å². The highest BCUT2D eigenvalue weighted by Crippen LogP contribution is 2.13. The number of aromatic amines is 1. The molecule has 8 nitrogen and oxygen atoms in total. The van der Waals surface area contributed by atoms with Gasteiger partial charge in [0.25, 0.3) is 5.56 Å². The fraction of sp³-hybridized carbons (Fsp3) is 0.500. The SMILES string of the molecule is Cc1nc2cc(=O)[nH]n2c(C)c1CC(=O)NCC(=O)OC(C)(C)C. The topological polar surface area (TPSA) is 106 Å². The summed E-state index contributed by atoms with van der Waals surface area (Å²) in [5, 5.41) is 5.18. The van der Waals surface area contributed by atoms with E-state index in [1.165, 1.54) is 6.07 Å². The monoisotopic (exact) mass is 334 g/mol. The molecule has 2 heterocycles. The molecule has 0 spiro atoms. The number of hydrogen-bond acceptors (Lipinski definition) is 5. The van der Waals surface area contributed by atoms with Gasteiger partial charge in [0.15, 0.2) is 5.65 Å². The van der Waals surface area contributed by atoms with E-state index in [2.05, 4.69) is 15.4 Å². The van der Waals surface area contributed by atoms with Crippen LogP contribution in [0.1, 0.15) is 37.7 Å². The molecule has 0 saturated heterocycles. The Balaban J connectivity index is 2.08. The maximum absolute atomic E-state index is 12.1. The van der Waals surface area contributed by atoms with Crippen LogP contribution in [-0.2, 0) is 20.7 Å². The lowest BCUT2D eigenvalue weighted by Gasteiger charge is -2.19. The van der Waals surface area contributed by atoms with Crippen molar-refractivity contribution in [3.8, 4) is 0 Å². The average molecular weight is 334 g/mol. The van der Waals surface area contributed by atoms with Crippen molar-refractivity contribution < 1.29 is 14.3 Å². The highest BCUT2D eigenvalue weighted by atomic mass is 16.6. The summed E-state index contributed by atoms with van der Waals surface area (Å²) in [5.74, 6) is -0.810. The molecule has 0 bridgehead atoms. The van der Waals surface area contributed by atoms with Crippen molar-refractivity contribution in [1.29, 1.82) is 0 Å². The number of nitrogens with zero attached hydrogens (tertiary/aromatic N) is 2. The standard InChI is InChI=1S/C16H22N4O4/c1-9-11(10(2)20-12(18-9)7-14(22)19-20)6-13(21)17-8-15(23)24-16(3,4)5/h7H,6,8H2,1-5H3,(H,17,21)(H,19,22). The number of aromatic nitrogens is 3. The number of esters is 1. The minimum absolute atomic E-state index is 0.0591. The lowest BCUT2D eigenvalue weighted by atomic mass is 10.1. The third-order valence-electron chi connectivity index (χ3n) is 3.39. The summed E-state index contributed by atoms with van der Waals surface area (Å²) in [6.07, 6.45) is 0.0591. The van der Waals surface area contributed by atoms with Crippen LogP contribution < -0.4 is 10.9 Å². The van der Waals surface area contributed by atoms with Crippen LogP contribution in [-0.4, -0.2) is 38.6 Å². The van der Waals surface area contributed by atoms with Crippen LogP contribution >= 0.6 is 0 Å². The van der Waals surface area contributed by atoms with Gasteiger partial charge in [0.2, 0.25) is 5.91 Å². The number of H-pyrrole nitrogens is 1. The zero-order chi connectivity index (χ0) is 18.1. The van der Waals surface area contributed by atoms with Crippen LogP contribution in [0.25, 0.3) is 5.65 Å². The van der Waals surface area contributed by atoms with E-state index in [1.807, 2.05) is 0 Å². The van der Waals surface area contributed by atoms with Crippen LogP contribution in [0.3, 0.4) is 0 Å². The van der Waals surface area contributed by atoms with Crippen molar-refractivity contribution >= 4 is 17.5 Å². The van der Waals surface area contributed by atoms with E-state index < -0.39 is 11.6 Å². The number of rotatable bonds is 4. The van der Waals surface area contributed by atoms with Gasteiger partial charge in [-0.2, -0.15) is 0 Å².